The molecule has 162 valence electrons. The minimum atomic E-state index is -3.91. The van der Waals surface area contributed by atoms with E-state index in [4.69, 9.17) is 11.6 Å². The summed E-state index contributed by atoms with van der Waals surface area (Å²) in [6, 6.07) is 13.5. The maximum atomic E-state index is 12.9. The molecule has 0 saturated carbocycles. The first-order chi connectivity index (χ1) is 15.3. The number of hydrogen-bond donors (Lipinski definition) is 1. The topological polar surface area (TPSA) is 122 Å². The Morgan fingerprint density at radius 1 is 1.03 bits per heavy atom. The lowest BCUT2D eigenvalue weighted by atomic mass is 9.95. The molecule has 2 aromatic carbocycles. The Morgan fingerprint density at radius 3 is 2.28 bits per heavy atom. The fraction of sp³-hybridized carbons (Fsp3) is 0.0952. The Balaban J connectivity index is 1.54. The SMILES string of the molecule is CC1=NN(C(=O)c2ccc(Cl)cc2)C(=O)C1c1ccc(S(=O)(=O)Nc2ncccn2)cc1. The Kier molecular flexibility index (Phi) is 5.72. The molecule has 1 aromatic heterocycles. The van der Waals surface area contributed by atoms with Crippen LogP contribution in [0.25, 0.3) is 0 Å². The molecule has 2 heterocycles. The molecule has 1 aliphatic heterocycles. The molecule has 1 atom stereocenters. The number of rotatable bonds is 5. The quantitative estimate of drug-likeness (QED) is 0.573. The van der Waals surface area contributed by atoms with E-state index >= 15 is 0 Å². The van der Waals surface area contributed by atoms with Crippen molar-refractivity contribution >= 4 is 45.1 Å². The third-order valence-corrected chi connectivity index (χ3v) is 6.33. The number of imide groups is 1. The first-order valence-corrected chi connectivity index (χ1v) is 11.2. The number of nitrogens with zero attached hydrogens (tertiary/aromatic N) is 4. The molecule has 0 bridgehead atoms. The maximum Gasteiger partial charge on any atom is 0.281 e. The van der Waals surface area contributed by atoms with Crippen LogP contribution in [-0.2, 0) is 14.8 Å². The molecule has 1 N–H and O–H groups in total. The summed E-state index contributed by atoms with van der Waals surface area (Å²) in [4.78, 5) is 33.3. The van der Waals surface area contributed by atoms with Crippen LogP contribution in [0.2, 0.25) is 5.02 Å². The van der Waals surface area contributed by atoms with Crippen LogP contribution in [0.15, 0.2) is 77.0 Å². The van der Waals surface area contributed by atoms with Crippen molar-refractivity contribution in [2.75, 3.05) is 4.72 Å². The number of aromatic nitrogens is 2. The summed E-state index contributed by atoms with van der Waals surface area (Å²) < 4.78 is 27.4. The van der Waals surface area contributed by atoms with Gasteiger partial charge in [0, 0.05) is 23.0 Å². The molecule has 4 rings (SSSR count). The lowest BCUT2D eigenvalue weighted by Crippen LogP contribution is -2.31. The highest BCUT2D eigenvalue weighted by Gasteiger charge is 2.38. The Morgan fingerprint density at radius 2 is 1.66 bits per heavy atom. The molecule has 9 nitrogen and oxygen atoms in total. The molecule has 1 aliphatic rings. The standard InChI is InChI=1S/C21H16ClN5O4S/c1-13-18(20(29)27(25-13)19(28)15-3-7-16(22)8-4-15)14-5-9-17(10-6-14)32(30,31)26-21-23-11-2-12-24-21/h2-12,18H,1H3,(H,23,24,26). The predicted molar refractivity (Wildman–Crippen MR) is 118 cm³/mol. The van der Waals surface area contributed by atoms with Gasteiger partial charge in [-0.05, 0) is 55.0 Å². The van der Waals surface area contributed by atoms with Crippen molar-refractivity contribution in [2.24, 2.45) is 5.10 Å². The van der Waals surface area contributed by atoms with E-state index in [0.29, 0.717) is 16.3 Å². The highest BCUT2D eigenvalue weighted by atomic mass is 35.5. The first kappa shape index (κ1) is 21.6. The number of nitrogens with one attached hydrogen (secondary N) is 1. The molecular formula is C21H16ClN5O4S. The van der Waals surface area contributed by atoms with E-state index in [1.807, 2.05) is 0 Å². The van der Waals surface area contributed by atoms with Crippen LogP contribution >= 0.6 is 11.6 Å². The van der Waals surface area contributed by atoms with Crippen molar-refractivity contribution in [3.05, 3.63) is 83.1 Å². The van der Waals surface area contributed by atoms with Crippen molar-refractivity contribution in [1.29, 1.82) is 0 Å². The number of carbonyl (C=O) groups is 2. The van der Waals surface area contributed by atoms with E-state index in [1.54, 1.807) is 25.1 Å². The minimum Gasteiger partial charge on any atom is -0.271 e. The van der Waals surface area contributed by atoms with Crippen LogP contribution in [0.4, 0.5) is 5.95 Å². The van der Waals surface area contributed by atoms with E-state index in [-0.39, 0.29) is 16.4 Å². The Labute approximate surface area is 188 Å². The molecule has 0 saturated heterocycles. The Hall–Kier alpha value is -3.63. The van der Waals surface area contributed by atoms with Crippen molar-refractivity contribution in [3.63, 3.8) is 0 Å². The average molecular weight is 470 g/mol. The first-order valence-electron chi connectivity index (χ1n) is 9.35. The number of hydrazone groups is 1. The van der Waals surface area contributed by atoms with Gasteiger partial charge in [-0.1, -0.05) is 23.7 Å². The van der Waals surface area contributed by atoms with Gasteiger partial charge >= 0.3 is 0 Å². The number of anilines is 1. The zero-order valence-corrected chi connectivity index (χ0v) is 18.2. The van der Waals surface area contributed by atoms with Gasteiger partial charge in [0.05, 0.1) is 10.6 Å². The zero-order chi connectivity index (χ0) is 22.9. The molecule has 0 fully saturated rings. The van der Waals surface area contributed by atoms with E-state index < -0.39 is 27.8 Å². The lowest BCUT2D eigenvalue weighted by Gasteiger charge is -2.14. The molecule has 1 unspecified atom stereocenters. The summed E-state index contributed by atoms with van der Waals surface area (Å²) in [5.41, 5.74) is 1.21. The van der Waals surface area contributed by atoms with Crippen LogP contribution < -0.4 is 4.72 Å². The highest BCUT2D eigenvalue weighted by molar-refractivity contribution is 7.92. The Bertz CT molecular complexity index is 1310. The molecule has 0 spiro atoms. The second-order valence-electron chi connectivity index (χ2n) is 6.88. The minimum absolute atomic E-state index is 0.0252. The van der Waals surface area contributed by atoms with Crippen molar-refractivity contribution in [1.82, 2.24) is 15.0 Å². The summed E-state index contributed by atoms with van der Waals surface area (Å²) >= 11 is 5.85. The lowest BCUT2D eigenvalue weighted by molar-refractivity contribution is -0.127. The van der Waals surface area contributed by atoms with E-state index in [1.165, 1.54) is 48.8 Å². The second-order valence-corrected chi connectivity index (χ2v) is 9.00. The number of hydrogen-bond acceptors (Lipinski definition) is 7. The maximum absolute atomic E-state index is 12.9. The number of benzene rings is 2. The third kappa shape index (κ3) is 4.23. The number of halogens is 1. The van der Waals surface area contributed by atoms with Gasteiger partial charge in [-0.15, -0.1) is 0 Å². The van der Waals surface area contributed by atoms with Crippen LogP contribution in [0, 0.1) is 0 Å². The number of sulfonamides is 1. The van der Waals surface area contributed by atoms with Gasteiger partial charge in [-0.25, -0.2) is 23.1 Å². The van der Waals surface area contributed by atoms with Crippen LogP contribution in [0.1, 0.15) is 28.8 Å². The van der Waals surface area contributed by atoms with Gasteiger partial charge in [0.15, 0.2) is 0 Å². The van der Waals surface area contributed by atoms with Crippen LogP contribution in [-0.4, -0.2) is 40.9 Å². The van der Waals surface area contributed by atoms with Gasteiger partial charge in [-0.2, -0.15) is 10.1 Å². The van der Waals surface area contributed by atoms with Crippen LogP contribution in [0.5, 0.6) is 0 Å². The van der Waals surface area contributed by atoms with Gasteiger partial charge in [0.25, 0.3) is 21.8 Å². The molecular weight excluding hydrogens is 454 g/mol. The van der Waals surface area contributed by atoms with E-state index in [9.17, 15) is 18.0 Å². The van der Waals surface area contributed by atoms with E-state index in [0.717, 1.165) is 5.01 Å². The van der Waals surface area contributed by atoms with Gasteiger partial charge < -0.3 is 0 Å². The fourth-order valence-electron chi connectivity index (χ4n) is 3.18. The fourth-order valence-corrected chi connectivity index (χ4v) is 4.26. The molecule has 11 heteroatoms. The zero-order valence-electron chi connectivity index (χ0n) is 16.6. The average Bonchev–Trinajstić information content (AvgIpc) is 3.08. The summed E-state index contributed by atoms with van der Waals surface area (Å²) in [7, 11) is -3.91. The molecule has 32 heavy (non-hydrogen) atoms. The van der Waals surface area contributed by atoms with Crippen LogP contribution in [0.3, 0.4) is 0 Å². The highest BCUT2D eigenvalue weighted by Crippen LogP contribution is 2.29. The molecule has 3 aromatic rings. The number of amides is 2. The molecule has 0 aliphatic carbocycles. The summed E-state index contributed by atoms with van der Waals surface area (Å²) in [6.07, 6.45) is 2.83. The van der Waals surface area contributed by atoms with Crippen molar-refractivity contribution in [3.8, 4) is 0 Å². The van der Waals surface area contributed by atoms with E-state index in [2.05, 4.69) is 19.8 Å². The molecule has 0 radical (unpaired) electrons. The monoisotopic (exact) mass is 469 g/mol. The smallest absolute Gasteiger partial charge is 0.271 e. The van der Waals surface area contributed by atoms with Gasteiger partial charge in [0.1, 0.15) is 5.92 Å². The third-order valence-electron chi connectivity index (χ3n) is 4.73. The van der Waals surface area contributed by atoms with Crippen molar-refractivity contribution in [2.45, 2.75) is 17.7 Å². The summed E-state index contributed by atoms with van der Waals surface area (Å²) in [5.74, 6) is -1.94. The summed E-state index contributed by atoms with van der Waals surface area (Å²) in [5, 5.41) is 5.41. The summed E-state index contributed by atoms with van der Waals surface area (Å²) in [6.45, 7) is 1.64. The normalized spacial score (nSPS) is 16.1. The van der Waals surface area contributed by atoms with Gasteiger partial charge in [0.2, 0.25) is 5.95 Å². The van der Waals surface area contributed by atoms with Crippen molar-refractivity contribution < 1.29 is 18.0 Å². The number of carbonyl (C=O) groups excluding carboxylic acids is 2. The predicted octanol–water partition coefficient (Wildman–Crippen LogP) is 3.07. The largest absolute Gasteiger partial charge is 0.281 e. The molecule has 2 amide bonds. The van der Waals surface area contributed by atoms with Gasteiger partial charge in [-0.3, -0.25) is 9.59 Å². The second kappa shape index (κ2) is 8.48.